The molecule has 23 heavy (non-hydrogen) atoms. The third kappa shape index (κ3) is 4.23. The molecule has 120 valence electrons. The molecule has 6 heteroatoms. The number of fused-ring (bicyclic) bond motifs is 1. The van der Waals surface area contributed by atoms with Crippen molar-refractivity contribution in [3.63, 3.8) is 0 Å². The molecule has 0 aliphatic carbocycles. The van der Waals surface area contributed by atoms with E-state index in [2.05, 4.69) is 62.7 Å². The number of unbranched alkanes of at least 4 members (excludes halogenated alkanes) is 3. The number of benzene rings is 1. The van der Waals surface area contributed by atoms with Crippen LogP contribution in [0.5, 0.6) is 0 Å². The zero-order valence-corrected chi connectivity index (χ0v) is 16.0. The van der Waals surface area contributed by atoms with Gasteiger partial charge in [0, 0.05) is 15.5 Å². The molecule has 0 aliphatic rings. The Morgan fingerprint density at radius 2 is 2.04 bits per heavy atom. The summed E-state index contributed by atoms with van der Waals surface area (Å²) in [6, 6.07) is 8.19. The van der Waals surface area contributed by atoms with Crippen LogP contribution < -0.4 is 0 Å². The van der Waals surface area contributed by atoms with Gasteiger partial charge in [0.25, 0.3) is 0 Å². The van der Waals surface area contributed by atoms with E-state index >= 15 is 0 Å². The van der Waals surface area contributed by atoms with Crippen molar-refractivity contribution in [3.05, 3.63) is 40.4 Å². The van der Waals surface area contributed by atoms with E-state index in [1.165, 1.54) is 29.3 Å². The van der Waals surface area contributed by atoms with Crippen molar-refractivity contribution < 1.29 is 0 Å². The van der Waals surface area contributed by atoms with Crippen molar-refractivity contribution in [2.75, 3.05) is 5.75 Å². The molecule has 0 radical (unpaired) electrons. The Morgan fingerprint density at radius 3 is 2.91 bits per heavy atom. The Bertz CT molecular complexity index is 787. The predicted octanol–water partition coefficient (Wildman–Crippen LogP) is 5.09. The molecule has 0 bridgehead atoms. The van der Waals surface area contributed by atoms with Gasteiger partial charge in [0.2, 0.25) is 0 Å². The zero-order chi connectivity index (χ0) is 16.1. The van der Waals surface area contributed by atoms with Crippen molar-refractivity contribution in [2.24, 2.45) is 0 Å². The van der Waals surface area contributed by atoms with Crippen LogP contribution in [0.3, 0.4) is 0 Å². The van der Waals surface area contributed by atoms with Crippen LogP contribution in [0.4, 0.5) is 0 Å². The van der Waals surface area contributed by atoms with Gasteiger partial charge in [-0.05, 0) is 53.3 Å². The van der Waals surface area contributed by atoms with Crippen LogP contribution in [-0.4, -0.2) is 25.3 Å². The quantitative estimate of drug-likeness (QED) is 0.223. The Morgan fingerprint density at radius 1 is 1.13 bits per heavy atom. The monoisotopic (exact) mass is 438 g/mol. The molecule has 2 heterocycles. The Balaban J connectivity index is 1.76. The maximum atomic E-state index is 4.68. The summed E-state index contributed by atoms with van der Waals surface area (Å²) in [4.78, 5) is 13.5. The highest BCUT2D eigenvalue weighted by Crippen LogP contribution is 2.21. The summed E-state index contributed by atoms with van der Waals surface area (Å²) in [5, 5.41) is 0.839. The lowest BCUT2D eigenvalue weighted by Crippen LogP contribution is -1.98. The van der Waals surface area contributed by atoms with Gasteiger partial charge in [0.15, 0.2) is 5.16 Å². The highest BCUT2D eigenvalue weighted by atomic mass is 127. The van der Waals surface area contributed by atoms with Crippen LogP contribution in [0.1, 0.15) is 32.6 Å². The summed E-state index contributed by atoms with van der Waals surface area (Å²) in [6.45, 7) is 2.23. The molecule has 2 aromatic heterocycles. The summed E-state index contributed by atoms with van der Waals surface area (Å²) in [5.74, 6) is 1.95. The number of nitrogens with zero attached hydrogens (tertiary/aromatic N) is 4. The van der Waals surface area contributed by atoms with Crippen molar-refractivity contribution >= 4 is 45.4 Å². The maximum Gasteiger partial charge on any atom is 0.189 e. The molecule has 0 amide bonds. The standard InChI is InChI=1S/C17H19IN4S/c1-2-3-4-5-10-23-17-19-9-8-16(21-17)22-12-20-14-11-13(18)6-7-15(14)22/h6-9,11-12H,2-5,10H2,1H3. The first-order valence-corrected chi connectivity index (χ1v) is 9.93. The number of halogens is 1. The Hall–Kier alpha value is -1.15. The highest BCUT2D eigenvalue weighted by Gasteiger charge is 2.07. The van der Waals surface area contributed by atoms with E-state index in [9.17, 15) is 0 Å². The van der Waals surface area contributed by atoms with Crippen LogP contribution in [0.15, 0.2) is 41.9 Å². The van der Waals surface area contributed by atoms with E-state index in [1.54, 1.807) is 11.8 Å². The van der Waals surface area contributed by atoms with Crippen molar-refractivity contribution in [2.45, 2.75) is 37.8 Å². The van der Waals surface area contributed by atoms with Gasteiger partial charge < -0.3 is 0 Å². The van der Waals surface area contributed by atoms with Gasteiger partial charge in [0.1, 0.15) is 12.1 Å². The van der Waals surface area contributed by atoms with Crippen LogP contribution in [0.25, 0.3) is 16.9 Å². The summed E-state index contributed by atoms with van der Waals surface area (Å²) >= 11 is 4.04. The second-order valence-corrected chi connectivity index (χ2v) is 7.66. The number of hydrogen-bond acceptors (Lipinski definition) is 4. The molecule has 0 saturated heterocycles. The van der Waals surface area contributed by atoms with E-state index < -0.39 is 0 Å². The van der Waals surface area contributed by atoms with Crippen molar-refractivity contribution in [1.29, 1.82) is 0 Å². The van der Waals surface area contributed by atoms with Gasteiger partial charge in [-0.3, -0.25) is 4.57 Å². The number of aromatic nitrogens is 4. The molecule has 0 saturated carbocycles. The maximum absolute atomic E-state index is 4.68. The minimum Gasteiger partial charge on any atom is -0.283 e. The number of thioether (sulfide) groups is 1. The van der Waals surface area contributed by atoms with Gasteiger partial charge in [-0.15, -0.1) is 0 Å². The van der Waals surface area contributed by atoms with E-state index in [4.69, 9.17) is 0 Å². The Labute approximate surface area is 154 Å². The predicted molar refractivity (Wildman–Crippen MR) is 104 cm³/mol. The highest BCUT2D eigenvalue weighted by molar-refractivity contribution is 14.1. The van der Waals surface area contributed by atoms with Crippen LogP contribution >= 0.6 is 34.4 Å². The molecule has 0 unspecified atom stereocenters. The van der Waals surface area contributed by atoms with Crippen LogP contribution in [-0.2, 0) is 0 Å². The van der Waals surface area contributed by atoms with E-state index in [-0.39, 0.29) is 0 Å². The van der Waals surface area contributed by atoms with Gasteiger partial charge in [-0.25, -0.2) is 15.0 Å². The fraction of sp³-hybridized carbons (Fsp3) is 0.353. The average Bonchev–Trinajstić information content (AvgIpc) is 2.98. The summed E-state index contributed by atoms with van der Waals surface area (Å²) in [5.41, 5.74) is 2.06. The summed E-state index contributed by atoms with van der Waals surface area (Å²) in [7, 11) is 0. The lowest BCUT2D eigenvalue weighted by Gasteiger charge is -2.05. The summed E-state index contributed by atoms with van der Waals surface area (Å²) < 4.78 is 3.21. The first-order chi connectivity index (χ1) is 11.3. The third-order valence-electron chi connectivity index (χ3n) is 3.60. The molecule has 0 atom stereocenters. The molecule has 1 aromatic carbocycles. The van der Waals surface area contributed by atoms with Crippen LogP contribution in [0.2, 0.25) is 0 Å². The third-order valence-corrected chi connectivity index (χ3v) is 5.22. The van der Waals surface area contributed by atoms with E-state index in [0.29, 0.717) is 0 Å². The van der Waals surface area contributed by atoms with Gasteiger partial charge in [-0.1, -0.05) is 37.9 Å². The van der Waals surface area contributed by atoms with Crippen LogP contribution in [0, 0.1) is 3.57 Å². The smallest absolute Gasteiger partial charge is 0.189 e. The fourth-order valence-corrected chi connectivity index (χ4v) is 3.70. The lowest BCUT2D eigenvalue weighted by molar-refractivity contribution is 0.706. The van der Waals surface area contributed by atoms with E-state index in [1.807, 2.05) is 23.2 Å². The minimum absolute atomic E-state index is 0.839. The van der Waals surface area contributed by atoms with Gasteiger partial charge >= 0.3 is 0 Å². The number of rotatable bonds is 7. The first kappa shape index (κ1) is 16.7. The van der Waals surface area contributed by atoms with Gasteiger partial charge in [0.05, 0.1) is 11.0 Å². The van der Waals surface area contributed by atoms with Crippen molar-refractivity contribution in [1.82, 2.24) is 19.5 Å². The number of imidazole rings is 1. The minimum atomic E-state index is 0.839. The molecule has 0 N–H and O–H groups in total. The first-order valence-electron chi connectivity index (χ1n) is 7.87. The molecule has 0 aliphatic heterocycles. The molecule has 3 aromatic rings. The Kier molecular flexibility index (Phi) is 5.88. The summed E-state index contributed by atoms with van der Waals surface area (Å²) in [6.07, 6.45) is 8.74. The number of hydrogen-bond donors (Lipinski definition) is 0. The zero-order valence-electron chi connectivity index (χ0n) is 13.1. The second-order valence-electron chi connectivity index (χ2n) is 5.35. The average molecular weight is 438 g/mol. The lowest BCUT2D eigenvalue weighted by atomic mass is 10.2. The SMILES string of the molecule is CCCCCCSc1nccc(-n2cnc3cc(I)ccc32)n1. The molecule has 4 nitrogen and oxygen atoms in total. The largest absolute Gasteiger partial charge is 0.283 e. The topological polar surface area (TPSA) is 43.6 Å². The molecular weight excluding hydrogens is 419 g/mol. The normalized spacial score (nSPS) is 11.2. The second kappa shape index (κ2) is 8.10. The van der Waals surface area contributed by atoms with Crippen molar-refractivity contribution in [3.8, 4) is 5.82 Å². The molecular formula is C17H19IN4S. The molecule has 3 rings (SSSR count). The molecule has 0 spiro atoms. The molecule has 0 fully saturated rings. The fourth-order valence-electron chi connectivity index (χ4n) is 2.40. The van der Waals surface area contributed by atoms with E-state index in [0.717, 1.165) is 27.8 Å². The van der Waals surface area contributed by atoms with Gasteiger partial charge in [-0.2, -0.15) is 0 Å².